The number of rotatable bonds is 5. The van der Waals surface area contributed by atoms with Crippen LogP contribution in [0.3, 0.4) is 0 Å². The Morgan fingerprint density at radius 3 is 2.74 bits per heavy atom. The minimum Gasteiger partial charge on any atom is -0.352 e. The van der Waals surface area contributed by atoms with E-state index in [4.69, 9.17) is 0 Å². The first kappa shape index (κ1) is 18.0. The minimum absolute atomic E-state index is 0.0779. The lowest BCUT2D eigenvalue weighted by Crippen LogP contribution is -2.40. The average Bonchev–Trinajstić information content (AvgIpc) is 3.14. The van der Waals surface area contributed by atoms with Crippen LogP contribution in [0.15, 0.2) is 47.9 Å². The van der Waals surface area contributed by atoms with Crippen LogP contribution in [-0.2, 0) is 4.79 Å². The van der Waals surface area contributed by atoms with Crippen LogP contribution < -0.4 is 5.32 Å². The largest absolute Gasteiger partial charge is 0.352 e. The molecule has 140 valence electrons. The second-order valence-corrected chi connectivity index (χ2v) is 8.24. The van der Waals surface area contributed by atoms with E-state index in [1.54, 1.807) is 10.9 Å². The summed E-state index contributed by atoms with van der Waals surface area (Å²) >= 11 is 1.46. The van der Waals surface area contributed by atoms with Crippen molar-refractivity contribution >= 4 is 28.7 Å². The number of hydrogen-bond acceptors (Lipinski definition) is 5. The van der Waals surface area contributed by atoms with Gasteiger partial charge in [0, 0.05) is 6.04 Å². The van der Waals surface area contributed by atoms with Crippen LogP contribution in [0.4, 0.5) is 0 Å². The number of nitrogens with one attached hydrogen (secondary N) is 1. The van der Waals surface area contributed by atoms with Gasteiger partial charge < -0.3 is 5.32 Å². The Morgan fingerprint density at radius 1 is 1.19 bits per heavy atom. The number of carbonyl (C=O) groups excluding carboxylic acids is 1. The minimum atomic E-state index is -0.217. The molecule has 2 heterocycles. The van der Waals surface area contributed by atoms with Gasteiger partial charge in [0.25, 0.3) is 0 Å². The average molecular weight is 382 g/mol. The quantitative estimate of drug-likeness (QED) is 0.538. The summed E-state index contributed by atoms with van der Waals surface area (Å²) < 4.78 is 1.80. The van der Waals surface area contributed by atoms with Crippen molar-refractivity contribution in [2.45, 2.75) is 55.3 Å². The maximum atomic E-state index is 12.6. The summed E-state index contributed by atoms with van der Waals surface area (Å²) in [6.07, 6.45) is 9.18. The molecule has 0 radical (unpaired) electrons. The van der Waals surface area contributed by atoms with Crippen LogP contribution in [-0.4, -0.2) is 36.9 Å². The second kappa shape index (κ2) is 8.08. The molecule has 0 bridgehead atoms. The number of para-hydroxylation sites is 1. The van der Waals surface area contributed by atoms with Gasteiger partial charge in [0.15, 0.2) is 5.65 Å². The second-order valence-electron chi connectivity index (χ2n) is 6.91. The van der Waals surface area contributed by atoms with Crippen molar-refractivity contribution in [3.63, 3.8) is 0 Å². The Hall–Kier alpha value is -2.41. The molecule has 1 N–H and O–H groups in total. The number of fused-ring (bicyclic) bond motifs is 1. The van der Waals surface area contributed by atoms with Crippen LogP contribution in [0.5, 0.6) is 0 Å². The highest BCUT2D eigenvalue weighted by molar-refractivity contribution is 8.00. The van der Waals surface area contributed by atoms with Gasteiger partial charge in [0.2, 0.25) is 5.91 Å². The predicted octanol–water partition coefficient (Wildman–Crippen LogP) is 3.75. The maximum Gasteiger partial charge on any atom is 0.233 e. The lowest BCUT2D eigenvalue weighted by atomic mass is 9.95. The van der Waals surface area contributed by atoms with Crippen LogP contribution in [0.2, 0.25) is 0 Å². The summed E-state index contributed by atoms with van der Waals surface area (Å²) in [5.41, 5.74) is 1.70. The molecule has 1 aliphatic carbocycles. The number of thioether (sulfide) groups is 1. The van der Waals surface area contributed by atoms with Gasteiger partial charge in [-0.2, -0.15) is 5.10 Å². The fourth-order valence-electron chi connectivity index (χ4n) is 3.46. The van der Waals surface area contributed by atoms with Crippen molar-refractivity contribution in [1.29, 1.82) is 0 Å². The molecule has 1 atom stereocenters. The van der Waals surface area contributed by atoms with E-state index in [1.165, 1.54) is 37.4 Å². The first-order valence-electron chi connectivity index (χ1n) is 9.43. The molecule has 1 fully saturated rings. The zero-order chi connectivity index (χ0) is 18.6. The summed E-state index contributed by atoms with van der Waals surface area (Å²) in [4.78, 5) is 21.4. The molecule has 0 aliphatic heterocycles. The van der Waals surface area contributed by atoms with Crippen LogP contribution in [0, 0.1) is 0 Å². The van der Waals surface area contributed by atoms with E-state index in [1.807, 2.05) is 37.3 Å². The summed E-state index contributed by atoms with van der Waals surface area (Å²) in [7, 11) is 0. The van der Waals surface area contributed by atoms with Crippen LogP contribution in [0.1, 0.15) is 39.0 Å². The molecule has 3 aromatic rings. The van der Waals surface area contributed by atoms with Crippen molar-refractivity contribution in [3.8, 4) is 5.69 Å². The molecular formula is C20H23N5OS. The fourth-order valence-corrected chi connectivity index (χ4v) is 4.35. The molecule has 6 nitrogen and oxygen atoms in total. The topological polar surface area (TPSA) is 72.7 Å². The molecule has 0 spiro atoms. The van der Waals surface area contributed by atoms with Crippen molar-refractivity contribution < 1.29 is 4.79 Å². The van der Waals surface area contributed by atoms with E-state index in [9.17, 15) is 4.79 Å². The van der Waals surface area contributed by atoms with Gasteiger partial charge in [-0.3, -0.25) is 4.79 Å². The number of benzene rings is 1. The Labute approximate surface area is 162 Å². The van der Waals surface area contributed by atoms with Gasteiger partial charge in [0.1, 0.15) is 11.4 Å². The standard InChI is InChI=1S/C20H23N5OS/c1-14(19(26)24-15-8-4-2-5-9-15)27-20-17-12-23-25(18(17)21-13-22-20)16-10-6-3-7-11-16/h3,6-7,10-15H,2,4-5,8-9H2,1H3,(H,24,26). The van der Waals surface area contributed by atoms with Crippen molar-refractivity contribution in [1.82, 2.24) is 25.1 Å². The highest BCUT2D eigenvalue weighted by Crippen LogP contribution is 2.29. The number of hydrogen-bond donors (Lipinski definition) is 1. The predicted molar refractivity (Wildman–Crippen MR) is 107 cm³/mol. The summed E-state index contributed by atoms with van der Waals surface area (Å²) in [5, 5.41) is 9.10. The molecule has 4 rings (SSSR count). The third-order valence-electron chi connectivity index (χ3n) is 4.94. The Bertz CT molecular complexity index is 921. The van der Waals surface area contributed by atoms with E-state index in [0.29, 0.717) is 6.04 Å². The highest BCUT2D eigenvalue weighted by Gasteiger charge is 2.22. The summed E-state index contributed by atoms with van der Waals surface area (Å²) in [6, 6.07) is 10.2. The van der Waals surface area contributed by atoms with E-state index < -0.39 is 0 Å². The number of aromatic nitrogens is 4. The lowest BCUT2D eigenvalue weighted by Gasteiger charge is -2.24. The van der Waals surface area contributed by atoms with Gasteiger partial charge in [0.05, 0.1) is 22.5 Å². The monoisotopic (exact) mass is 381 g/mol. The van der Waals surface area contributed by atoms with Gasteiger partial charge in [-0.05, 0) is 31.9 Å². The van der Waals surface area contributed by atoms with E-state index >= 15 is 0 Å². The molecule has 0 saturated heterocycles. The zero-order valence-corrected chi connectivity index (χ0v) is 16.2. The van der Waals surface area contributed by atoms with Gasteiger partial charge in [-0.1, -0.05) is 49.2 Å². The van der Waals surface area contributed by atoms with Gasteiger partial charge >= 0.3 is 0 Å². The Balaban J connectivity index is 1.52. The summed E-state index contributed by atoms with van der Waals surface area (Å²) in [6.45, 7) is 1.93. The first-order chi connectivity index (χ1) is 13.2. The first-order valence-corrected chi connectivity index (χ1v) is 10.3. The van der Waals surface area contributed by atoms with Crippen molar-refractivity contribution in [2.24, 2.45) is 0 Å². The molecule has 2 aromatic heterocycles. The maximum absolute atomic E-state index is 12.6. The Kier molecular flexibility index (Phi) is 5.38. The smallest absolute Gasteiger partial charge is 0.233 e. The van der Waals surface area contributed by atoms with Crippen LogP contribution in [0.25, 0.3) is 16.7 Å². The van der Waals surface area contributed by atoms with Crippen molar-refractivity contribution in [3.05, 3.63) is 42.9 Å². The molecule has 7 heteroatoms. The number of nitrogens with zero attached hydrogens (tertiary/aromatic N) is 4. The highest BCUT2D eigenvalue weighted by atomic mass is 32.2. The molecule has 27 heavy (non-hydrogen) atoms. The molecule has 1 aliphatic rings. The van der Waals surface area contributed by atoms with E-state index in [0.717, 1.165) is 34.6 Å². The zero-order valence-electron chi connectivity index (χ0n) is 15.3. The van der Waals surface area contributed by atoms with Crippen LogP contribution >= 0.6 is 11.8 Å². The molecule has 1 aromatic carbocycles. The lowest BCUT2D eigenvalue weighted by molar-refractivity contribution is -0.121. The van der Waals surface area contributed by atoms with E-state index in [2.05, 4.69) is 20.4 Å². The number of amides is 1. The molecular weight excluding hydrogens is 358 g/mol. The molecule has 1 saturated carbocycles. The van der Waals surface area contributed by atoms with Crippen molar-refractivity contribution in [2.75, 3.05) is 0 Å². The number of carbonyl (C=O) groups is 1. The molecule has 1 amide bonds. The van der Waals surface area contributed by atoms with E-state index in [-0.39, 0.29) is 11.2 Å². The molecule has 1 unspecified atom stereocenters. The Morgan fingerprint density at radius 2 is 1.96 bits per heavy atom. The normalized spacial score (nSPS) is 16.3. The van der Waals surface area contributed by atoms with Gasteiger partial charge in [-0.15, -0.1) is 0 Å². The summed E-state index contributed by atoms with van der Waals surface area (Å²) in [5.74, 6) is 0.0779. The third kappa shape index (κ3) is 3.98. The fraction of sp³-hybridized carbons (Fsp3) is 0.400. The van der Waals surface area contributed by atoms with Gasteiger partial charge in [-0.25, -0.2) is 14.6 Å². The third-order valence-corrected chi connectivity index (χ3v) is 6.06. The SMILES string of the molecule is CC(Sc1ncnc2c1cnn2-c1ccccc1)C(=O)NC1CCCCC1.